The SMILES string of the molecule is O=P(O)(O)F.[RbH]. The molecule has 0 saturated carbocycles. The molecule has 0 aliphatic carbocycles. The van der Waals surface area contributed by atoms with E-state index in [0.717, 1.165) is 0 Å². The van der Waals surface area contributed by atoms with Crippen LogP contribution >= 0.6 is 7.91 Å². The van der Waals surface area contributed by atoms with Crippen LogP contribution in [0, 0.1) is 0 Å². The number of hydrogen-bond donors (Lipinski definition) is 2. The summed E-state index contributed by atoms with van der Waals surface area (Å²) in [6, 6.07) is 0. The van der Waals surface area contributed by atoms with Gasteiger partial charge in [-0.1, -0.05) is 0 Å². The van der Waals surface area contributed by atoms with E-state index >= 15 is 0 Å². The number of halogens is 1. The average molecular weight is 186 g/mol. The molecule has 0 radical (unpaired) electrons. The van der Waals surface area contributed by atoms with E-state index in [4.69, 9.17) is 14.4 Å². The van der Waals surface area contributed by atoms with Crippen molar-refractivity contribution in [2.24, 2.45) is 0 Å². The first-order valence-electron chi connectivity index (χ1n) is 0.752. The van der Waals surface area contributed by atoms with Gasteiger partial charge in [-0.15, -0.1) is 4.20 Å². The first-order chi connectivity index (χ1) is 2.00. The molecule has 6 heteroatoms. The van der Waals surface area contributed by atoms with Crippen molar-refractivity contribution in [2.75, 3.05) is 0 Å². The predicted molar refractivity (Wildman–Crippen MR) is 20.3 cm³/mol. The molecule has 0 bridgehead atoms. The minimum absolute atomic E-state index is 0. The van der Waals surface area contributed by atoms with Gasteiger partial charge in [0.2, 0.25) is 0 Å². The molecule has 0 rings (SSSR count). The van der Waals surface area contributed by atoms with E-state index in [1.807, 2.05) is 0 Å². The van der Waals surface area contributed by atoms with E-state index in [1.54, 1.807) is 0 Å². The third-order valence-electron chi connectivity index (χ3n) is 0. The molecular formula is H3FO3PRb. The fourth-order valence-electron chi connectivity index (χ4n) is 0. The molecule has 0 spiro atoms. The Morgan fingerprint density at radius 1 is 1.50 bits per heavy atom. The van der Waals surface area contributed by atoms with Crippen molar-refractivity contribution in [3.63, 3.8) is 0 Å². The van der Waals surface area contributed by atoms with Crippen molar-refractivity contribution < 1.29 is 18.5 Å². The van der Waals surface area contributed by atoms with Gasteiger partial charge in [-0.25, -0.2) is 4.57 Å². The van der Waals surface area contributed by atoms with Crippen LogP contribution in [-0.4, -0.2) is 68.0 Å². The number of rotatable bonds is 0. The Hall–Kier alpha value is 1.89. The topological polar surface area (TPSA) is 57.5 Å². The molecule has 0 aliphatic rings. The van der Waals surface area contributed by atoms with Crippen molar-refractivity contribution in [3.8, 4) is 0 Å². The van der Waals surface area contributed by atoms with Crippen molar-refractivity contribution in [3.05, 3.63) is 0 Å². The Balaban J connectivity index is 0. The Kier molecular flexibility index (Phi) is 6.90. The summed E-state index contributed by atoms with van der Waals surface area (Å²) in [6.07, 6.45) is 0. The fraction of sp³-hybridized carbons (Fsp3) is 0. The van der Waals surface area contributed by atoms with Gasteiger partial charge in [0.05, 0.1) is 0 Å². The molecule has 0 fully saturated rings. The van der Waals surface area contributed by atoms with Crippen LogP contribution < -0.4 is 0 Å². The molecule has 0 unspecified atom stereocenters. The predicted octanol–water partition coefficient (Wildman–Crippen LogP) is -0.600. The van der Waals surface area contributed by atoms with Gasteiger partial charge < -0.3 is 0 Å². The average Bonchev–Trinajstić information content (AvgIpc) is 0.722. The molecule has 0 aliphatic heterocycles. The van der Waals surface area contributed by atoms with Gasteiger partial charge in [0.1, 0.15) is 0 Å². The Labute approximate surface area is 83.0 Å². The fourth-order valence-corrected chi connectivity index (χ4v) is 0. The van der Waals surface area contributed by atoms with Gasteiger partial charge in [-0.3, -0.25) is 9.79 Å². The Morgan fingerprint density at radius 3 is 1.50 bits per heavy atom. The summed E-state index contributed by atoms with van der Waals surface area (Å²) in [5, 5.41) is 0. The molecule has 0 heterocycles. The molecule has 2 N–H and O–H groups in total. The van der Waals surface area contributed by atoms with Gasteiger partial charge in [0.15, 0.2) is 0 Å². The molecular weight excluding hydrogens is 183 g/mol. The van der Waals surface area contributed by atoms with E-state index in [9.17, 15) is 4.20 Å². The van der Waals surface area contributed by atoms with Crippen LogP contribution in [0.25, 0.3) is 0 Å². The van der Waals surface area contributed by atoms with Crippen LogP contribution in [0.1, 0.15) is 0 Å². The van der Waals surface area contributed by atoms with E-state index < -0.39 is 7.91 Å². The van der Waals surface area contributed by atoms with Gasteiger partial charge in [-0.05, 0) is 0 Å². The molecule has 0 aromatic carbocycles. The van der Waals surface area contributed by atoms with Crippen LogP contribution in [0.2, 0.25) is 0 Å². The first kappa shape index (κ1) is 10.8. The summed E-state index contributed by atoms with van der Waals surface area (Å²) in [7, 11) is -5.14. The van der Waals surface area contributed by atoms with Crippen LogP contribution in [0.5, 0.6) is 0 Å². The van der Waals surface area contributed by atoms with Gasteiger partial charge >= 0.3 is 66.1 Å². The third-order valence-corrected chi connectivity index (χ3v) is 0. The summed E-state index contributed by atoms with van der Waals surface area (Å²) >= 11 is 0. The van der Waals surface area contributed by atoms with Crippen LogP contribution in [-0.2, 0) is 4.57 Å². The van der Waals surface area contributed by atoms with Crippen LogP contribution in [0.3, 0.4) is 0 Å². The Morgan fingerprint density at radius 2 is 1.50 bits per heavy atom. The summed E-state index contributed by atoms with van der Waals surface area (Å²) in [6.45, 7) is 0. The molecule has 34 valence electrons. The third kappa shape index (κ3) is 39.5. The van der Waals surface area contributed by atoms with Crippen molar-refractivity contribution in [1.82, 2.24) is 0 Å². The second-order valence-electron chi connectivity index (χ2n) is 0.473. The first-order valence-corrected chi connectivity index (χ1v) is 2.25. The molecule has 0 atom stereocenters. The Bertz CT molecular complexity index is 56.9. The minimum atomic E-state index is -5.14. The van der Waals surface area contributed by atoms with Gasteiger partial charge in [-0.2, -0.15) is 0 Å². The van der Waals surface area contributed by atoms with E-state index in [-0.39, 0.29) is 58.2 Å². The molecule has 0 aromatic rings. The second kappa shape index (κ2) is 3.84. The molecule has 0 aromatic heterocycles. The molecule has 6 heavy (non-hydrogen) atoms. The maximum absolute atomic E-state index is 10.4. The summed E-state index contributed by atoms with van der Waals surface area (Å²) in [4.78, 5) is 13.9. The summed E-state index contributed by atoms with van der Waals surface area (Å²) in [5.41, 5.74) is 0. The van der Waals surface area contributed by atoms with E-state index in [0.29, 0.717) is 0 Å². The zero-order valence-electron chi connectivity index (χ0n) is 2.13. The summed E-state index contributed by atoms with van der Waals surface area (Å²) in [5.74, 6) is 0. The molecule has 0 saturated heterocycles. The summed E-state index contributed by atoms with van der Waals surface area (Å²) < 4.78 is 19.0. The van der Waals surface area contributed by atoms with Crippen LogP contribution in [0.4, 0.5) is 4.20 Å². The van der Waals surface area contributed by atoms with Crippen molar-refractivity contribution in [1.29, 1.82) is 0 Å². The van der Waals surface area contributed by atoms with Crippen molar-refractivity contribution in [2.45, 2.75) is 0 Å². The standard InChI is InChI=1S/FH2O3P.Rb.H/c1-5(2,3)4;;/h(H2,2,3,4);;. The monoisotopic (exact) mass is 186 g/mol. The van der Waals surface area contributed by atoms with Crippen molar-refractivity contribution >= 4 is 66.1 Å². The zero-order chi connectivity index (χ0) is 4.50. The van der Waals surface area contributed by atoms with Gasteiger partial charge in [0, 0.05) is 0 Å². The van der Waals surface area contributed by atoms with Crippen LogP contribution in [0.15, 0.2) is 0 Å². The maximum atomic E-state index is 10.4. The van der Waals surface area contributed by atoms with E-state index in [1.165, 1.54) is 0 Å². The second-order valence-corrected chi connectivity index (χ2v) is 1.42. The number of hydrogen-bond acceptors (Lipinski definition) is 1. The zero-order valence-corrected chi connectivity index (χ0v) is 3.02. The van der Waals surface area contributed by atoms with Gasteiger partial charge in [0.25, 0.3) is 0 Å². The van der Waals surface area contributed by atoms with E-state index in [2.05, 4.69) is 0 Å². The normalized spacial score (nSPS) is 9.83. The molecule has 3 nitrogen and oxygen atoms in total. The molecule has 0 amide bonds. The quantitative estimate of drug-likeness (QED) is 0.497.